The Kier molecular flexibility index (Phi) is 8.40. The molecule has 41 heavy (non-hydrogen) atoms. The zero-order valence-electron chi connectivity index (χ0n) is 23.4. The maximum atomic E-state index is 4.48. The van der Waals surface area contributed by atoms with Gasteiger partial charge in [0, 0.05) is 37.4 Å². The summed E-state index contributed by atoms with van der Waals surface area (Å²) in [5, 5.41) is 0. The van der Waals surface area contributed by atoms with Crippen LogP contribution >= 0.6 is 0 Å². The van der Waals surface area contributed by atoms with Gasteiger partial charge in [0.05, 0.1) is 0 Å². The molecule has 0 unspecified atom stereocenters. The van der Waals surface area contributed by atoms with E-state index in [4.69, 9.17) is 0 Å². The molecular formula is C38H30IrN2-2. The van der Waals surface area contributed by atoms with Gasteiger partial charge in [0.2, 0.25) is 0 Å². The number of benzene rings is 4. The van der Waals surface area contributed by atoms with E-state index < -0.39 is 0 Å². The Morgan fingerprint density at radius 1 is 0.610 bits per heavy atom. The van der Waals surface area contributed by atoms with E-state index in [2.05, 4.69) is 90.5 Å². The minimum absolute atomic E-state index is 0. The van der Waals surface area contributed by atoms with Crippen LogP contribution in [0.25, 0.3) is 44.8 Å². The molecule has 2 aromatic heterocycles. The Bertz CT molecular complexity index is 1780. The van der Waals surface area contributed by atoms with Gasteiger partial charge in [0.1, 0.15) is 0 Å². The van der Waals surface area contributed by atoms with Gasteiger partial charge in [0.25, 0.3) is 0 Å². The van der Waals surface area contributed by atoms with Crippen molar-refractivity contribution in [3.05, 3.63) is 156 Å². The number of fused-ring (bicyclic) bond motifs is 3. The van der Waals surface area contributed by atoms with E-state index in [1.54, 1.807) is 0 Å². The van der Waals surface area contributed by atoms with Crippen molar-refractivity contribution in [1.29, 1.82) is 0 Å². The third kappa shape index (κ3) is 5.70. The molecule has 0 fully saturated rings. The van der Waals surface area contributed by atoms with E-state index in [0.29, 0.717) is 0 Å². The Morgan fingerprint density at radius 2 is 1.32 bits per heavy atom. The van der Waals surface area contributed by atoms with Gasteiger partial charge in [-0.25, -0.2) is 0 Å². The summed E-state index contributed by atoms with van der Waals surface area (Å²) in [5.74, 6) is 0. The second-order valence-electron chi connectivity index (χ2n) is 10.5. The fourth-order valence-electron chi connectivity index (χ4n) is 5.54. The average molecular weight is 707 g/mol. The summed E-state index contributed by atoms with van der Waals surface area (Å²) in [5.41, 5.74) is 13.1. The number of nitrogens with zero attached hydrogens (tertiary/aromatic N) is 2. The molecule has 0 atom stereocenters. The van der Waals surface area contributed by atoms with E-state index in [1.807, 2.05) is 79.9 Å². The van der Waals surface area contributed by atoms with E-state index in [-0.39, 0.29) is 25.5 Å². The van der Waals surface area contributed by atoms with Crippen LogP contribution in [0.15, 0.2) is 128 Å². The molecule has 0 saturated carbocycles. The summed E-state index contributed by atoms with van der Waals surface area (Å²) in [4.78, 5) is 8.90. The monoisotopic (exact) mass is 707 g/mol. The van der Waals surface area contributed by atoms with Crippen LogP contribution < -0.4 is 0 Å². The summed E-state index contributed by atoms with van der Waals surface area (Å²) >= 11 is 0. The molecule has 0 bridgehead atoms. The number of hydrogen-bond acceptors (Lipinski definition) is 2. The molecule has 2 heterocycles. The predicted octanol–water partition coefficient (Wildman–Crippen LogP) is 9.38. The molecule has 7 rings (SSSR count). The van der Waals surface area contributed by atoms with Crippen LogP contribution in [0.4, 0.5) is 0 Å². The molecule has 1 radical (unpaired) electrons. The van der Waals surface area contributed by atoms with Gasteiger partial charge in [-0.3, -0.25) is 0 Å². The second-order valence-corrected chi connectivity index (χ2v) is 10.5. The SMILES string of the molecule is CC1(C)c2ccccc2-c2c(-c3cc[c-]c(-c4ccccn4)c3)cccc21.Cc1cccc(-c2[c-]cccc2)n1.[Ir]. The average Bonchev–Trinajstić information content (AvgIpc) is 3.25. The second kappa shape index (κ2) is 12.1. The van der Waals surface area contributed by atoms with Crippen LogP contribution in [-0.2, 0) is 25.5 Å². The molecular weight excluding hydrogens is 677 g/mol. The summed E-state index contributed by atoms with van der Waals surface area (Å²) in [6.07, 6.45) is 1.83. The Hall–Kier alpha value is -4.17. The topological polar surface area (TPSA) is 25.8 Å². The maximum absolute atomic E-state index is 4.48. The van der Waals surface area contributed by atoms with Gasteiger partial charge in [-0.1, -0.05) is 80.6 Å². The van der Waals surface area contributed by atoms with E-state index >= 15 is 0 Å². The van der Waals surface area contributed by atoms with Crippen molar-refractivity contribution in [3.63, 3.8) is 0 Å². The van der Waals surface area contributed by atoms with Crippen LogP contribution in [0.5, 0.6) is 0 Å². The van der Waals surface area contributed by atoms with Crippen LogP contribution in [0, 0.1) is 19.1 Å². The first-order valence-electron chi connectivity index (χ1n) is 13.6. The predicted molar refractivity (Wildman–Crippen MR) is 165 cm³/mol. The molecule has 1 aliphatic rings. The van der Waals surface area contributed by atoms with Gasteiger partial charge >= 0.3 is 0 Å². The molecule has 1 aliphatic carbocycles. The zero-order chi connectivity index (χ0) is 27.5. The van der Waals surface area contributed by atoms with Crippen molar-refractivity contribution in [2.24, 2.45) is 0 Å². The van der Waals surface area contributed by atoms with Gasteiger partial charge in [-0.2, -0.15) is 0 Å². The fraction of sp³-hybridized carbons (Fsp3) is 0.105. The number of pyridine rings is 2. The standard InChI is InChI=1S/C26H20N.C12H10N.Ir/c1-26(2)22-13-4-3-11-21(22)25-20(12-8-14-23(25)26)18-9-7-10-19(17-18)24-15-5-6-16-27-24;1-10-6-5-9-12(13-10)11-7-3-2-4-8-11;/h3-9,11-17H,1-2H3;2-7,9H,1H3;/q2*-1;. The number of aryl methyl sites for hydroxylation is 1. The van der Waals surface area contributed by atoms with Crippen molar-refractivity contribution >= 4 is 0 Å². The van der Waals surface area contributed by atoms with Crippen molar-refractivity contribution in [2.75, 3.05) is 0 Å². The maximum Gasteiger partial charge on any atom is 0.0266 e. The van der Waals surface area contributed by atoms with Crippen molar-refractivity contribution in [1.82, 2.24) is 9.97 Å². The van der Waals surface area contributed by atoms with Crippen LogP contribution in [0.2, 0.25) is 0 Å². The number of aromatic nitrogens is 2. The smallest absolute Gasteiger partial charge is 0.0266 e. The fourth-order valence-corrected chi connectivity index (χ4v) is 5.54. The Labute approximate surface area is 256 Å². The van der Waals surface area contributed by atoms with Crippen LogP contribution in [0.1, 0.15) is 30.7 Å². The molecule has 203 valence electrons. The minimum Gasteiger partial charge on any atom is -0.305 e. The largest absolute Gasteiger partial charge is 0.305 e. The van der Waals surface area contributed by atoms with E-state index in [0.717, 1.165) is 28.2 Å². The number of hydrogen-bond donors (Lipinski definition) is 0. The van der Waals surface area contributed by atoms with Crippen molar-refractivity contribution in [2.45, 2.75) is 26.2 Å². The van der Waals surface area contributed by atoms with E-state index in [1.165, 1.54) is 33.4 Å². The normalized spacial score (nSPS) is 12.3. The summed E-state index contributed by atoms with van der Waals surface area (Å²) < 4.78 is 0. The third-order valence-electron chi connectivity index (χ3n) is 7.53. The Morgan fingerprint density at radius 3 is 2.10 bits per heavy atom. The van der Waals surface area contributed by atoms with Gasteiger partial charge in [0.15, 0.2) is 0 Å². The molecule has 6 aromatic rings. The van der Waals surface area contributed by atoms with Crippen molar-refractivity contribution < 1.29 is 20.1 Å². The quantitative estimate of drug-likeness (QED) is 0.172. The molecule has 0 spiro atoms. The summed E-state index contributed by atoms with van der Waals surface area (Å²) in [6, 6.07) is 48.2. The first kappa shape index (κ1) is 28.4. The van der Waals surface area contributed by atoms with E-state index in [9.17, 15) is 0 Å². The first-order chi connectivity index (χ1) is 19.5. The van der Waals surface area contributed by atoms with Gasteiger partial charge < -0.3 is 9.97 Å². The van der Waals surface area contributed by atoms with Crippen LogP contribution in [0.3, 0.4) is 0 Å². The molecule has 0 aliphatic heterocycles. The summed E-state index contributed by atoms with van der Waals surface area (Å²) in [7, 11) is 0. The molecule has 0 saturated heterocycles. The summed E-state index contributed by atoms with van der Waals surface area (Å²) in [6.45, 7) is 6.63. The molecule has 0 N–H and O–H groups in total. The Balaban J connectivity index is 0.000000204. The minimum atomic E-state index is 0. The third-order valence-corrected chi connectivity index (χ3v) is 7.53. The number of rotatable bonds is 3. The first-order valence-corrected chi connectivity index (χ1v) is 13.6. The zero-order valence-corrected chi connectivity index (χ0v) is 25.7. The molecule has 4 aromatic carbocycles. The molecule has 3 heteroatoms. The van der Waals surface area contributed by atoms with Crippen molar-refractivity contribution in [3.8, 4) is 44.8 Å². The molecule has 2 nitrogen and oxygen atoms in total. The van der Waals surface area contributed by atoms with Crippen LogP contribution in [-0.4, -0.2) is 9.97 Å². The van der Waals surface area contributed by atoms with Gasteiger partial charge in [-0.05, 0) is 58.3 Å². The molecule has 0 amide bonds. The van der Waals surface area contributed by atoms with Gasteiger partial charge in [-0.15, -0.1) is 71.3 Å².